The fourth-order valence-electron chi connectivity index (χ4n) is 3.07. The first-order chi connectivity index (χ1) is 12.9. The van der Waals surface area contributed by atoms with E-state index in [0.29, 0.717) is 13.0 Å². The van der Waals surface area contributed by atoms with Crippen molar-refractivity contribution < 1.29 is 14.0 Å². The lowest BCUT2D eigenvalue weighted by atomic mass is 10.1. The van der Waals surface area contributed by atoms with Crippen molar-refractivity contribution in [2.24, 2.45) is 5.92 Å². The third kappa shape index (κ3) is 5.53. The van der Waals surface area contributed by atoms with Crippen LogP contribution in [0.3, 0.4) is 0 Å². The monoisotopic (exact) mass is 405 g/mol. The van der Waals surface area contributed by atoms with E-state index in [1.54, 1.807) is 0 Å². The van der Waals surface area contributed by atoms with E-state index >= 15 is 0 Å². The van der Waals surface area contributed by atoms with Crippen molar-refractivity contribution >= 4 is 29.9 Å². The van der Waals surface area contributed by atoms with Gasteiger partial charge in [-0.1, -0.05) is 32.0 Å². The minimum Gasteiger partial charge on any atom is -0.348 e. The highest BCUT2D eigenvalue weighted by molar-refractivity contribution is 5.96. The van der Waals surface area contributed by atoms with Gasteiger partial charge in [0, 0.05) is 31.6 Å². The minimum atomic E-state index is -0.622. The van der Waals surface area contributed by atoms with Gasteiger partial charge in [-0.15, -0.1) is 12.4 Å². The molecule has 1 heterocycles. The molecule has 7 heteroatoms. The van der Waals surface area contributed by atoms with E-state index in [0.717, 1.165) is 24.7 Å². The highest BCUT2D eigenvalue weighted by Gasteiger charge is 2.14. The van der Waals surface area contributed by atoms with E-state index < -0.39 is 5.82 Å². The number of fused-ring (bicyclic) bond motifs is 1. The van der Waals surface area contributed by atoms with E-state index in [2.05, 4.69) is 28.1 Å². The predicted molar refractivity (Wildman–Crippen MR) is 110 cm³/mol. The van der Waals surface area contributed by atoms with E-state index in [9.17, 15) is 14.0 Å². The van der Waals surface area contributed by atoms with Crippen molar-refractivity contribution in [3.8, 4) is 0 Å². The van der Waals surface area contributed by atoms with Crippen LogP contribution in [0.4, 0.5) is 10.1 Å². The lowest BCUT2D eigenvalue weighted by Gasteiger charge is -2.10. The zero-order chi connectivity index (χ0) is 19.4. The van der Waals surface area contributed by atoms with Gasteiger partial charge < -0.3 is 16.0 Å². The maximum atomic E-state index is 14.2. The number of hydrogen-bond donors (Lipinski definition) is 3. The number of benzene rings is 2. The van der Waals surface area contributed by atoms with Crippen LogP contribution in [0.5, 0.6) is 0 Å². The van der Waals surface area contributed by atoms with Gasteiger partial charge in [-0.2, -0.15) is 0 Å². The molecule has 0 fully saturated rings. The molecule has 1 aliphatic heterocycles. The molecule has 0 aromatic heterocycles. The molecule has 2 amide bonds. The first-order valence-corrected chi connectivity index (χ1v) is 9.11. The van der Waals surface area contributed by atoms with Gasteiger partial charge in [0.05, 0.1) is 5.69 Å². The summed E-state index contributed by atoms with van der Waals surface area (Å²) in [7, 11) is 0. The Morgan fingerprint density at radius 3 is 2.57 bits per heavy atom. The van der Waals surface area contributed by atoms with E-state index in [1.807, 2.05) is 19.9 Å². The van der Waals surface area contributed by atoms with E-state index in [-0.39, 0.29) is 41.4 Å². The molecule has 3 rings (SSSR count). The predicted octanol–water partition coefficient (Wildman–Crippen LogP) is 3.77. The second-order valence-corrected chi connectivity index (χ2v) is 7.23. The molecular weight excluding hydrogens is 381 g/mol. The summed E-state index contributed by atoms with van der Waals surface area (Å²) in [5, 5.41) is 8.63. The average molecular weight is 406 g/mol. The second-order valence-electron chi connectivity index (χ2n) is 7.23. The van der Waals surface area contributed by atoms with Gasteiger partial charge in [-0.25, -0.2) is 4.39 Å². The summed E-state index contributed by atoms with van der Waals surface area (Å²) >= 11 is 0. The molecule has 0 atom stereocenters. The molecular formula is C21H25ClFN3O2. The Hall–Kier alpha value is -2.44. The molecule has 0 radical (unpaired) electrons. The smallest absolute Gasteiger partial charge is 0.251 e. The molecule has 0 unspecified atom stereocenters. The maximum Gasteiger partial charge on any atom is 0.251 e. The van der Waals surface area contributed by atoms with Crippen molar-refractivity contribution in [2.45, 2.75) is 39.9 Å². The molecule has 1 aliphatic rings. The number of amides is 2. The fraction of sp³-hybridized carbons (Fsp3) is 0.333. The number of nitrogens with one attached hydrogen (secondary N) is 3. The highest BCUT2D eigenvalue weighted by Crippen LogP contribution is 2.18. The van der Waals surface area contributed by atoms with E-state index in [4.69, 9.17) is 0 Å². The Kier molecular flexibility index (Phi) is 7.54. The summed E-state index contributed by atoms with van der Waals surface area (Å²) in [5.74, 6) is -1.03. The number of anilines is 1. The molecule has 2 aromatic carbocycles. The van der Waals surface area contributed by atoms with Crippen molar-refractivity contribution in [1.29, 1.82) is 0 Å². The van der Waals surface area contributed by atoms with Crippen LogP contribution in [-0.2, 0) is 24.4 Å². The second kappa shape index (κ2) is 9.66. The van der Waals surface area contributed by atoms with Crippen molar-refractivity contribution in [2.75, 3.05) is 5.32 Å². The molecule has 0 spiro atoms. The molecule has 0 bridgehead atoms. The number of rotatable bonds is 6. The van der Waals surface area contributed by atoms with Crippen LogP contribution in [0.15, 0.2) is 36.4 Å². The SMILES string of the molecule is CC(C)CC(=O)Nc1ccc(C(=O)NCc2ccc3c(c2)CNC3)cc1F.Cl. The Bertz CT molecular complexity index is 871. The Morgan fingerprint density at radius 1 is 1.11 bits per heavy atom. The first-order valence-electron chi connectivity index (χ1n) is 9.11. The standard InChI is InChI=1S/C21H24FN3O2.ClH/c1-13(2)7-20(26)25-19-6-5-15(9-18(19)22)21(27)24-10-14-3-4-16-11-23-12-17(16)8-14;/h3-6,8-9,13,23H,7,10-12H2,1-2H3,(H,24,27)(H,25,26);1H. The fourth-order valence-corrected chi connectivity index (χ4v) is 3.07. The molecule has 28 heavy (non-hydrogen) atoms. The molecule has 0 saturated heterocycles. The third-order valence-corrected chi connectivity index (χ3v) is 4.45. The maximum absolute atomic E-state index is 14.2. The topological polar surface area (TPSA) is 70.2 Å². The van der Waals surface area contributed by atoms with Crippen LogP contribution >= 0.6 is 12.4 Å². The van der Waals surface area contributed by atoms with Gasteiger partial charge >= 0.3 is 0 Å². The third-order valence-electron chi connectivity index (χ3n) is 4.45. The molecule has 5 nitrogen and oxygen atoms in total. The number of halogens is 2. The molecule has 0 saturated carbocycles. The van der Waals surface area contributed by atoms with Crippen LogP contribution in [0.25, 0.3) is 0 Å². The highest BCUT2D eigenvalue weighted by atomic mass is 35.5. The first kappa shape index (κ1) is 21.9. The van der Waals surface area contributed by atoms with E-state index in [1.165, 1.54) is 23.3 Å². The van der Waals surface area contributed by atoms with Crippen molar-refractivity contribution in [3.63, 3.8) is 0 Å². The lowest BCUT2D eigenvalue weighted by molar-refractivity contribution is -0.116. The molecule has 0 aliphatic carbocycles. The number of carbonyl (C=O) groups excluding carboxylic acids is 2. The van der Waals surface area contributed by atoms with Gasteiger partial charge in [0.2, 0.25) is 5.91 Å². The Morgan fingerprint density at radius 2 is 1.86 bits per heavy atom. The van der Waals surface area contributed by atoms with Gasteiger partial charge in [0.25, 0.3) is 5.91 Å². The number of hydrogen-bond acceptors (Lipinski definition) is 3. The lowest BCUT2D eigenvalue weighted by Crippen LogP contribution is -2.23. The van der Waals surface area contributed by atoms with Crippen LogP contribution in [0, 0.1) is 11.7 Å². The van der Waals surface area contributed by atoms with Gasteiger partial charge in [0.1, 0.15) is 5.82 Å². The van der Waals surface area contributed by atoms with Crippen LogP contribution < -0.4 is 16.0 Å². The zero-order valence-electron chi connectivity index (χ0n) is 16.0. The molecule has 3 N–H and O–H groups in total. The minimum absolute atomic E-state index is 0. The van der Waals surface area contributed by atoms with Gasteiger partial charge in [0.15, 0.2) is 0 Å². The van der Waals surface area contributed by atoms with Crippen LogP contribution in [0.1, 0.15) is 47.3 Å². The largest absolute Gasteiger partial charge is 0.348 e. The van der Waals surface area contributed by atoms with Crippen molar-refractivity contribution in [3.05, 3.63) is 64.5 Å². The summed E-state index contributed by atoms with van der Waals surface area (Å²) in [5.41, 5.74) is 3.83. The van der Waals surface area contributed by atoms with Crippen LogP contribution in [0.2, 0.25) is 0 Å². The summed E-state index contributed by atoms with van der Waals surface area (Å²) in [6.45, 7) is 5.93. The summed E-state index contributed by atoms with van der Waals surface area (Å²) in [6.07, 6.45) is 0.317. The molecule has 2 aromatic rings. The zero-order valence-corrected chi connectivity index (χ0v) is 16.8. The molecule has 150 valence electrons. The Balaban J connectivity index is 0.00000280. The summed E-state index contributed by atoms with van der Waals surface area (Å²) in [6, 6.07) is 10.2. The normalized spacial score (nSPS) is 12.3. The van der Waals surface area contributed by atoms with Crippen molar-refractivity contribution in [1.82, 2.24) is 10.6 Å². The van der Waals surface area contributed by atoms with Crippen LogP contribution in [-0.4, -0.2) is 11.8 Å². The quantitative estimate of drug-likeness (QED) is 0.685. The summed E-state index contributed by atoms with van der Waals surface area (Å²) in [4.78, 5) is 24.1. The van der Waals surface area contributed by atoms with Gasteiger partial charge in [-0.05, 0) is 40.8 Å². The average Bonchev–Trinajstić information content (AvgIpc) is 3.08. The Labute approximate surface area is 170 Å². The summed E-state index contributed by atoms with van der Waals surface area (Å²) < 4.78 is 14.2. The van der Waals surface area contributed by atoms with Gasteiger partial charge in [-0.3, -0.25) is 9.59 Å². The number of carbonyl (C=O) groups is 2.